The standard InChI is InChI=1S/C15H16N2O3S2/c1-2-8-17-12-9-22(19,20)10-13(12)21-15(17)16-14(18)11-6-4-3-5-7-11/h2-7,12-13H,1,8-10H2/t12-,13-/m0/s1. The molecule has 1 aromatic carbocycles. The van der Waals surface area contributed by atoms with E-state index in [0.717, 1.165) is 0 Å². The van der Waals surface area contributed by atoms with Gasteiger partial charge in [-0.2, -0.15) is 4.99 Å². The summed E-state index contributed by atoms with van der Waals surface area (Å²) < 4.78 is 23.5. The maximum Gasteiger partial charge on any atom is 0.279 e. The molecule has 0 spiro atoms. The molecule has 0 unspecified atom stereocenters. The number of hydrogen-bond acceptors (Lipinski definition) is 4. The van der Waals surface area contributed by atoms with E-state index in [2.05, 4.69) is 11.6 Å². The van der Waals surface area contributed by atoms with Crippen LogP contribution >= 0.6 is 11.8 Å². The largest absolute Gasteiger partial charge is 0.342 e. The molecule has 2 aliphatic rings. The van der Waals surface area contributed by atoms with Crippen LogP contribution in [-0.4, -0.2) is 53.7 Å². The molecule has 0 aliphatic carbocycles. The van der Waals surface area contributed by atoms with Gasteiger partial charge in [0.25, 0.3) is 5.91 Å². The number of amidine groups is 1. The highest BCUT2D eigenvalue weighted by Crippen LogP contribution is 2.38. The molecule has 0 saturated carbocycles. The Kier molecular flexibility index (Phi) is 4.10. The van der Waals surface area contributed by atoms with Crippen molar-refractivity contribution in [1.82, 2.24) is 4.90 Å². The van der Waals surface area contributed by atoms with Gasteiger partial charge in [0.05, 0.1) is 17.5 Å². The molecular formula is C15H16N2O3S2. The Morgan fingerprint density at radius 2 is 2.09 bits per heavy atom. The monoisotopic (exact) mass is 336 g/mol. The third-order valence-corrected chi connectivity index (χ3v) is 6.97. The van der Waals surface area contributed by atoms with E-state index in [-0.39, 0.29) is 28.7 Å². The molecule has 2 aliphatic heterocycles. The summed E-state index contributed by atoms with van der Waals surface area (Å²) in [6.45, 7) is 4.20. The van der Waals surface area contributed by atoms with Gasteiger partial charge in [0.1, 0.15) is 0 Å². The zero-order chi connectivity index (χ0) is 15.7. The molecule has 0 bridgehead atoms. The number of nitrogens with zero attached hydrogens (tertiary/aromatic N) is 2. The summed E-state index contributed by atoms with van der Waals surface area (Å²) in [6.07, 6.45) is 1.70. The number of fused-ring (bicyclic) bond motifs is 1. The zero-order valence-electron chi connectivity index (χ0n) is 11.9. The molecule has 7 heteroatoms. The lowest BCUT2D eigenvalue weighted by molar-refractivity contribution is 0.100. The molecule has 2 saturated heterocycles. The lowest BCUT2D eigenvalue weighted by atomic mass is 10.2. The number of carbonyl (C=O) groups is 1. The van der Waals surface area contributed by atoms with Crippen LogP contribution in [0.15, 0.2) is 48.0 Å². The second-order valence-electron chi connectivity index (χ2n) is 5.31. The van der Waals surface area contributed by atoms with E-state index in [1.807, 2.05) is 11.0 Å². The van der Waals surface area contributed by atoms with E-state index in [1.54, 1.807) is 30.3 Å². The zero-order valence-corrected chi connectivity index (χ0v) is 13.5. The van der Waals surface area contributed by atoms with Crippen LogP contribution in [0, 0.1) is 0 Å². The lowest BCUT2D eigenvalue weighted by Gasteiger charge is -2.22. The highest BCUT2D eigenvalue weighted by atomic mass is 32.2. The molecule has 0 aromatic heterocycles. The third kappa shape index (κ3) is 2.96. The van der Waals surface area contributed by atoms with Gasteiger partial charge < -0.3 is 4.90 Å². The van der Waals surface area contributed by atoms with Gasteiger partial charge in [-0.3, -0.25) is 4.79 Å². The van der Waals surface area contributed by atoms with Crippen LogP contribution in [0.5, 0.6) is 0 Å². The van der Waals surface area contributed by atoms with Crippen molar-refractivity contribution in [3.63, 3.8) is 0 Å². The highest BCUT2D eigenvalue weighted by molar-refractivity contribution is 8.15. The van der Waals surface area contributed by atoms with Gasteiger partial charge >= 0.3 is 0 Å². The minimum atomic E-state index is -3.00. The first-order valence-corrected chi connectivity index (χ1v) is 9.63. The van der Waals surface area contributed by atoms with Gasteiger partial charge in [0.2, 0.25) is 0 Å². The molecule has 3 rings (SSSR count). The summed E-state index contributed by atoms with van der Waals surface area (Å²) in [4.78, 5) is 18.3. The second-order valence-corrected chi connectivity index (χ2v) is 8.67. The van der Waals surface area contributed by atoms with Gasteiger partial charge in [0.15, 0.2) is 15.0 Å². The molecule has 1 aromatic rings. The lowest BCUT2D eigenvalue weighted by Crippen LogP contribution is -2.37. The van der Waals surface area contributed by atoms with Crippen LogP contribution in [0.4, 0.5) is 0 Å². The molecule has 1 amide bonds. The van der Waals surface area contributed by atoms with E-state index < -0.39 is 9.84 Å². The smallest absolute Gasteiger partial charge is 0.279 e. The Balaban J connectivity index is 1.86. The maximum atomic E-state index is 12.2. The van der Waals surface area contributed by atoms with Crippen molar-refractivity contribution in [2.75, 3.05) is 18.1 Å². The second kappa shape index (κ2) is 5.89. The third-order valence-electron chi connectivity index (χ3n) is 3.72. The Morgan fingerprint density at radius 3 is 2.77 bits per heavy atom. The number of hydrogen-bond donors (Lipinski definition) is 0. The van der Waals surface area contributed by atoms with Crippen LogP contribution in [0.2, 0.25) is 0 Å². The van der Waals surface area contributed by atoms with E-state index in [4.69, 9.17) is 0 Å². The average Bonchev–Trinajstić information content (AvgIpc) is 2.93. The first-order chi connectivity index (χ1) is 10.5. The van der Waals surface area contributed by atoms with Crippen LogP contribution in [0.1, 0.15) is 10.4 Å². The van der Waals surface area contributed by atoms with Crippen molar-refractivity contribution in [2.45, 2.75) is 11.3 Å². The summed E-state index contributed by atoms with van der Waals surface area (Å²) in [5, 5.41) is 0.547. The van der Waals surface area contributed by atoms with Gasteiger partial charge in [-0.15, -0.1) is 6.58 Å². The maximum absolute atomic E-state index is 12.2. The number of carbonyl (C=O) groups excluding carboxylic acids is 1. The van der Waals surface area contributed by atoms with Crippen LogP contribution in [0.3, 0.4) is 0 Å². The van der Waals surface area contributed by atoms with Crippen molar-refractivity contribution in [3.8, 4) is 0 Å². The minimum absolute atomic E-state index is 0.0488. The molecule has 5 nitrogen and oxygen atoms in total. The molecule has 2 fully saturated rings. The fraction of sp³-hybridized carbons (Fsp3) is 0.333. The predicted molar refractivity (Wildman–Crippen MR) is 88.9 cm³/mol. The van der Waals surface area contributed by atoms with Crippen molar-refractivity contribution in [1.29, 1.82) is 0 Å². The minimum Gasteiger partial charge on any atom is -0.342 e. The van der Waals surface area contributed by atoms with Crippen LogP contribution < -0.4 is 0 Å². The topological polar surface area (TPSA) is 66.8 Å². The van der Waals surface area contributed by atoms with Crippen LogP contribution in [-0.2, 0) is 9.84 Å². The van der Waals surface area contributed by atoms with Crippen LogP contribution in [0.25, 0.3) is 0 Å². The molecule has 116 valence electrons. The van der Waals surface area contributed by atoms with E-state index in [0.29, 0.717) is 17.3 Å². The van der Waals surface area contributed by atoms with E-state index in [1.165, 1.54) is 11.8 Å². The first-order valence-electron chi connectivity index (χ1n) is 6.93. The summed E-state index contributed by atoms with van der Waals surface area (Å²) in [7, 11) is -3.00. The molecule has 2 heterocycles. The number of benzene rings is 1. The molecule has 0 N–H and O–H groups in total. The van der Waals surface area contributed by atoms with Crippen molar-refractivity contribution in [2.24, 2.45) is 4.99 Å². The van der Waals surface area contributed by atoms with Crippen molar-refractivity contribution < 1.29 is 13.2 Å². The normalized spacial score (nSPS) is 27.8. The molecular weight excluding hydrogens is 320 g/mol. The van der Waals surface area contributed by atoms with Crippen molar-refractivity contribution in [3.05, 3.63) is 48.6 Å². The Hall–Kier alpha value is -1.60. The van der Waals surface area contributed by atoms with Gasteiger partial charge in [-0.1, -0.05) is 36.0 Å². The predicted octanol–water partition coefficient (Wildman–Crippen LogP) is 1.58. The first kappa shape index (κ1) is 15.3. The Bertz CT molecular complexity index is 728. The van der Waals surface area contributed by atoms with Gasteiger partial charge in [0, 0.05) is 17.4 Å². The highest BCUT2D eigenvalue weighted by Gasteiger charge is 2.48. The molecule has 0 radical (unpaired) electrons. The fourth-order valence-electron chi connectivity index (χ4n) is 2.72. The molecule has 2 atom stereocenters. The van der Waals surface area contributed by atoms with E-state index >= 15 is 0 Å². The summed E-state index contributed by atoms with van der Waals surface area (Å²) in [5.74, 6) is -0.0361. The SMILES string of the molecule is C=CCN1C(=NC(=O)c2ccccc2)S[C@H]2CS(=O)(=O)C[C@@H]21. The van der Waals surface area contributed by atoms with E-state index in [9.17, 15) is 13.2 Å². The molecule has 22 heavy (non-hydrogen) atoms. The number of aliphatic imine (C=N–C) groups is 1. The van der Waals surface area contributed by atoms with Gasteiger partial charge in [-0.05, 0) is 12.1 Å². The number of thioether (sulfide) groups is 1. The fourth-order valence-corrected chi connectivity index (χ4v) is 6.68. The Morgan fingerprint density at radius 1 is 1.36 bits per heavy atom. The number of rotatable bonds is 3. The summed E-state index contributed by atoms with van der Waals surface area (Å²) >= 11 is 1.38. The number of amides is 1. The number of sulfone groups is 1. The average molecular weight is 336 g/mol. The Labute approximate surface area is 134 Å². The van der Waals surface area contributed by atoms with Gasteiger partial charge in [-0.25, -0.2) is 8.42 Å². The quantitative estimate of drug-likeness (QED) is 0.784. The summed E-state index contributed by atoms with van der Waals surface area (Å²) in [6, 6.07) is 8.74. The summed E-state index contributed by atoms with van der Waals surface area (Å²) in [5.41, 5.74) is 0.527. The van der Waals surface area contributed by atoms with Crippen molar-refractivity contribution >= 4 is 32.7 Å².